The summed E-state index contributed by atoms with van der Waals surface area (Å²) in [6.07, 6.45) is 47.5. The second-order valence-electron chi connectivity index (χ2n) is 18.9. The summed E-state index contributed by atoms with van der Waals surface area (Å²) in [6.45, 7) is 8.27. The summed E-state index contributed by atoms with van der Waals surface area (Å²) < 4.78 is 0. The first kappa shape index (κ1) is 45.8. The summed E-state index contributed by atoms with van der Waals surface area (Å²) in [6, 6.07) is 2.97. The molecule has 0 radical (unpaired) electrons. The van der Waals surface area contributed by atoms with E-state index in [9.17, 15) is 0 Å². The van der Waals surface area contributed by atoms with E-state index < -0.39 is 0 Å². The molecule has 0 spiro atoms. The van der Waals surface area contributed by atoms with Crippen molar-refractivity contribution in [2.75, 3.05) is 32.7 Å². The van der Waals surface area contributed by atoms with Gasteiger partial charge in [-0.1, -0.05) is 142 Å². The third-order valence-corrected chi connectivity index (χ3v) is 14.4. The highest BCUT2D eigenvalue weighted by Gasteiger charge is 2.38. The van der Waals surface area contributed by atoms with E-state index in [2.05, 4.69) is 48.6 Å². The molecule has 0 aromatic rings. The first-order chi connectivity index (χ1) is 27.3. The zero-order valence-electron chi connectivity index (χ0n) is 36.5. The van der Waals surface area contributed by atoms with Gasteiger partial charge in [0.25, 0.3) is 0 Å². The molecular formula is C47H94N8. The van der Waals surface area contributed by atoms with Crippen molar-refractivity contribution in [1.82, 2.24) is 41.7 Å². The minimum Gasteiger partial charge on any atom is -0.314 e. The summed E-state index contributed by atoms with van der Waals surface area (Å²) in [5.41, 5.74) is 0. The smallest absolute Gasteiger partial charge is 0.119 e. The van der Waals surface area contributed by atoms with Crippen LogP contribution < -0.4 is 31.9 Å². The first-order valence-corrected chi connectivity index (χ1v) is 25.3. The maximum Gasteiger partial charge on any atom is 0.119 e. The van der Waals surface area contributed by atoms with E-state index in [-0.39, 0.29) is 18.9 Å². The van der Waals surface area contributed by atoms with E-state index in [1.165, 1.54) is 244 Å². The SMILES string of the molecule is CCCCCCCCNC1NC(N(CCCCCCNC2CCCCC2)C2CCCCC2)NC(N(CCCCCCNC2CCCCC2)C2CCCCC2)N1. The molecule has 5 rings (SSSR count). The van der Waals surface area contributed by atoms with E-state index >= 15 is 0 Å². The number of unbranched alkanes of at least 4 members (excludes halogenated alkanes) is 11. The molecule has 1 saturated heterocycles. The molecule has 4 aliphatic carbocycles. The number of hydrogen-bond acceptors (Lipinski definition) is 8. The average molecular weight is 771 g/mol. The minimum absolute atomic E-state index is 0.140. The Hall–Kier alpha value is -0.320. The molecule has 1 aliphatic heterocycles. The lowest BCUT2D eigenvalue weighted by Crippen LogP contribution is -2.79. The lowest BCUT2D eigenvalue weighted by molar-refractivity contribution is -0.0468. The van der Waals surface area contributed by atoms with Gasteiger partial charge in [-0.25, -0.2) is 0 Å². The summed E-state index contributed by atoms with van der Waals surface area (Å²) >= 11 is 0. The minimum atomic E-state index is 0.140. The Bertz CT molecular complexity index is 835. The van der Waals surface area contributed by atoms with Crippen molar-refractivity contribution >= 4 is 0 Å². The van der Waals surface area contributed by atoms with E-state index in [1.807, 2.05) is 0 Å². The van der Waals surface area contributed by atoms with E-state index in [4.69, 9.17) is 0 Å². The van der Waals surface area contributed by atoms with Crippen molar-refractivity contribution in [2.45, 2.75) is 268 Å². The zero-order valence-corrected chi connectivity index (χ0v) is 36.5. The maximum absolute atomic E-state index is 4.27. The molecule has 55 heavy (non-hydrogen) atoms. The fourth-order valence-corrected chi connectivity index (χ4v) is 10.9. The number of nitrogens with zero attached hydrogens (tertiary/aromatic N) is 2. The Morgan fingerprint density at radius 3 is 1.18 bits per heavy atom. The van der Waals surface area contributed by atoms with Gasteiger partial charge < -0.3 is 10.6 Å². The molecule has 2 atom stereocenters. The van der Waals surface area contributed by atoms with Crippen LogP contribution >= 0.6 is 0 Å². The topological polar surface area (TPSA) is 78.7 Å². The molecule has 0 bridgehead atoms. The second kappa shape index (κ2) is 29.0. The van der Waals surface area contributed by atoms with Crippen molar-refractivity contribution in [3.05, 3.63) is 0 Å². The monoisotopic (exact) mass is 771 g/mol. The highest BCUT2D eigenvalue weighted by atomic mass is 15.6. The molecule has 8 nitrogen and oxygen atoms in total. The van der Waals surface area contributed by atoms with E-state index in [1.54, 1.807) is 0 Å². The van der Waals surface area contributed by atoms with Gasteiger partial charge in [-0.15, -0.1) is 0 Å². The van der Waals surface area contributed by atoms with Crippen molar-refractivity contribution in [3.63, 3.8) is 0 Å². The number of nitrogens with one attached hydrogen (secondary N) is 6. The number of rotatable bonds is 28. The van der Waals surface area contributed by atoms with Gasteiger partial charge in [0.1, 0.15) is 18.9 Å². The van der Waals surface area contributed by atoms with Gasteiger partial charge >= 0.3 is 0 Å². The molecule has 0 aromatic carbocycles. The van der Waals surface area contributed by atoms with Gasteiger partial charge in [0.15, 0.2) is 0 Å². The van der Waals surface area contributed by atoms with Crippen molar-refractivity contribution in [2.24, 2.45) is 0 Å². The maximum atomic E-state index is 4.27. The molecule has 5 fully saturated rings. The van der Waals surface area contributed by atoms with E-state index in [0.717, 1.165) is 18.6 Å². The zero-order chi connectivity index (χ0) is 38.0. The molecule has 6 N–H and O–H groups in total. The predicted octanol–water partition coefficient (Wildman–Crippen LogP) is 9.80. The Kier molecular flexibility index (Phi) is 24.1. The largest absolute Gasteiger partial charge is 0.314 e. The molecule has 5 aliphatic rings. The summed E-state index contributed by atoms with van der Waals surface area (Å²) in [7, 11) is 0. The standard InChI is InChI=1S/C47H94N8/c1-2-3-4-5-6-25-38-50-45-51-46(54(43-32-19-13-20-33-43)39-26-9-7-23-36-48-41-28-15-11-16-29-41)53-47(52-45)55(44-34-21-14-22-35-44)40-27-10-8-24-37-49-42-30-17-12-18-31-42/h41-53H,2-40H2,1H3. The lowest BCUT2D eigenvalue weighted by atomic mass is 9.93. The highest BCUT2D eigenvalue weighted by Crippen LogP contribution is 2.28. The van der Waals surface area contributed by atoms with Crippen LogP contribution in [-0.2, 0) is 0 Å². The van der Waals surface area contributed by atoms with Crippen molar-refractivity contribution in [1.29, 1.82) is 0 Å². The van der Waals surface area contributed by atoms with Crippen LogP contribution in [-0.4, -0.2) is 85.6 Å². The lowest BCUT2D eigenvalue weighted by Gasteiger charge is -2.51. The third kappa shape index (κ3) is 18.2. The Balaban J connectivity index is 1.16. The molecule has 8 heteroatoms. The van der Waals surface area contributed by atoms with Crippen LogP contribution in [0.3, 0.4) is 0 Å². The quantitative estimate of drug-likeness (QED) is 0.0440. The van der Waals surface area contributed by atoms with Crippen LogP contribution in [0.5, 0.6) is 0 Å². The van der Waals surface area contributed by atoms with Gasteiger partial charge in [-0.2, -0.15) is 0 Å². The Morgan fingerprint density at radius 1 is 0.382 bits per heavy atom. The summed E-state index contributed by atoms with van der Waals surface area (Å²) in [4.78, 5) is 5.82. The Labute approximate surface area is 341 Å². The fraction of sp³-hybridized carbons (Fsp3) is 1.00. The number of hydrogen-bond donors (Lipinski definition) is 6. The molecule has 0 aromatic heterocycles. The Morgan fingerprint density at radius 2 is 0.745 bits per heavy atom. The van der Waals surface area contributed by atoms with Gasteiger partial charge in [0.2, 0.25) is 0 Å². The summed E-state index contributed by atoms with van der Waals surface area (Å²) in [5, 5.41) is 24.3. The normalized spacial score (nSPS) is 25.7. The van der Waals surface area contributed by atoms with Gasteiger partial charge in [-0.05, 0) is 103 Å². The molecule has 2 unspecified atom stereocenters. The van der Waals surface area contributed by atoms with Crippen LogP contribution in [0.2, 0.25) is 0 Å². The van der Waals surface area contributed by atoms with Crippen LogP contribution in [0.25, 0.3) is 0 Å². The van der Waals surface area contributed by atoms with E-state index in [0.29, 0.717) is 12.1 Å². The summed E-state index contributed by atoms with van der Waals surface area (Å²) in [5.74, 6) is 0. The predicted molar refractivity (Wildman–Crippen MR) is 236 cm³/mol. The molecule has 0 amide bonds. The fourth-order valence-electron chi connectivity index (χ4n) is 10.9. The molecule has 4 saturated carbocycles. The average Bonchev–Trinajstić information content (AvgIpc) is 3.24. The second-order valence-corrected chi connectivity index (χ2v) is 18.9. The van der Waals surface area contributed by atoms with Gasteiger partial charge in [0.05, 0.1) is 0 Å². The molecular weight excluding hydrogens is 677 g/mol. The molecule has 322 valence electrons. The molecule has 1 heterocycles. The van der Waals surface area contributed by atoms with Crippen molar-refractivity contribution in [3.8, 4) is 0 Å². The van der Waals surface area contributed by atoms with Crippen LogP contribution in [0.15, 0.2) is 0 Å². The third-order valence-electron chi connectivity index (χ3n) is 14.4. The van der Waals surface area contributed by atoms with Gasteiger partial charge in [-0.3, -0.25) is 31.1 Å². The van der Waals surface area contributed by atoms with Gasteiger partial charge in [0, 0.05) is 37.3 Å². The van der Waals surface area contributed by atoms with Crippen LogP contribution in [0, 0.1) is 0 Å². The van der Waals surface area contributed by atoms with Crippen LogP contribution in [0.4, 0.5) is 0 Å². The first-order valence-electron chi connectivity index (χ1n) is 25.3. The van der Waals surface area contributed by atoms with Crippen molar-refractivity contribution < 1.29 is 0 Å². The highest BCUT2D eigenvalue weighted by molar-refractivity contribution is 4.90. The van der Waals surface area contributed by atoms with Crippen LogP contribution in [0.1, 0.15) is 225 Å².